The Balaban J connectivity index is 2.10. The minimum absolute atomic E-state index is 0.0292. The molecule has 2 heterocycles. The predicted molar refractivity (Wildman–Crippen MR) is 159 cm³/mol. The number of fused-ring (bicyclic) bond motifs is 6. The van der Waals surface area contributed by atoms with Crippen LogP contribution in [0.25, 0.3) is 0 Å². The molecule has 0 amide bonds. The molecule has 2 aliphatic rings. The lowest BCUT2D eigenvalue weighted by molar-refractivity contribution is 0.0219. The maximum Gasteiger partial charge on any atom is 0.341 e. The first-order valence-corrected chi connectivity index (χ1v) is 14.5. The molecule has 0 bridgehead atoms. The number of phenolic OH excluding ortho intramolecular Hbond substituents is 2. The third kappa shape index (κ3) is 3.27. The quantitative estimate of drug-likeness (QED) is 0.134. The lowest BCUT2D eigenvalue weighted by Crippen LogP contribution is -2.35. The van der Waals surface area contributed by atoms with E-state index in [-0.39, 0.29) is 42.9 Å². The van der Waals surface area contributed by atoms with Gasteiger partial charge in [0.15, 0.2) is 28.6 Å². The van der Waals surface area contributed by atoms with E-state index >= 15 is 0 Å². The summed E-state index contributed by atoms with van der Waals surface area (Å²) in [6.45, 7) is 0. The average molecular weight is 974 g/mol. The molecule has 33 heavy (non-hydrogen) atoms. The summed E-state index contributed by atoms with van der Waals surface area (Å²) in [5.74, 6) is -1.34. The van der Waals surface area contributed by atoms with Gasteiger partial charge in [-0.1, -0.05) is 46.4 Å². The van der Waals surface area contributed by atoms with Crippen molar-refractivity contribution in [3.63, 3.8) is 0 Å². The predicted octanol–water partition coefficient (Wildman–Crippen LogP) is 8.70. The standard InChI is InChI=1S/C20H4Cl4I4O5/c21-9-7-17(11(23)15(29)10(9)22)32-18-8(13(27)14(28)16(30)12(18)24)20(7)6-4(26)2-1-3(25)5(6)19(31)33-20/h1-2,29-30H. The number of halogens is 8. The lowest BCUT2D eigenvalue weighted by atomic mass is 9.77. The SMILES string of the molecule is O=C1OC2(c3c(Cl)c(Cl)c(O)c(Cl)c3Oc3c(Cl)c(O)c(I)c(I)c32)c2c(I)ccc(I)c21. The van der Waals surface area contributed by atoms with Gasteiger partial charge in [-0.25, -0.2) is 4.79 Å². The number of hydrogen-bond acceptors (Lipinski definition) is 5. The van der Waals surface area contributed by atoms with Gasteiger partial charge in [0.05, 0.1) is 25.3 Å². The van der Waals surface area contributed by atoms with Gasteiger partial charge < -0.3 is 19.7 Å². The minimum Gasteiger partial charge on any atom is -0.505 e. The van der Waals surface area contributed by atoms with E-state index in [9.17, 15) is 15.0 Å². The van der Waals surface area contributed by atoms with Crippen LogP contribution >= 0.6 is 137 Å². The zero-order valence-electron chi connectivity index (χ0n) is 15.3. The molecule has 1 spiro atoms. The molecule has 2 N–H and O–H groups in total. The highest BCUT2D eigenvalue weighted by Gasteiger charge is 2.59. The van der Waals surface area contributed by atoms with Crippen LogP contribution in [0.5, 0.6) is 23.0 Å². The number of rotatable bonds is 0. The van der Waals surface area contributed by atoms with Crippen molar-refractivity contribution in [2.75, 3.05) is 0 Å². The van der Waals surface area contributed by atoms with Crippen molar-refractivity contribution >= 4 is 143 Å². The maximum atomic E-state index is 13.3. The molecule has 0 aliphatic carbocycles. The number of ether oxygens (including phenoxy) is 2. The first-order valence-electron chi connectivity index (χ1n) is 8.64. The molecule has 2 aliphatic heterocycles. The number of carbonyl (C=O) groups excluding carboxylic acids is 1. The Morgan fingerprint density at radius 3 is 1.97 bits per heavy atom. The Morgan fingerprint density at radius 2 is 1.30 bits per heavy atom. The van der Waals surface area contributed by atoms with Crippen molar-refractivity contribution in [2.45, 2.75) is 5.60 Å². The highest BCUT2D eigenvalue weighted by molar-refractivity contribution is 14.1. The van der Waals surface area contributed by atoms with E-state index in [2.05, 4.69) is 45.2 Å². The molecule has 0 aromatic heterocycles. The summed E-state index contributed by atoms with van der Waals surface area (Å²) >= 11 is 34.1. The molecule has 5 nitrogen and oxygen atoms in total. The molecule has 0 saturated carbocycles. The van der Waals surface area contributed by atoms with Crippen LogP contribution in [-0.2, 0) is 10.3 Å². The van der Waals surface area contributed by atoms with Crippen LogP contribution in [-0.4, -0.2) is 16.2 Å². The monoisotopic (exact) mass is 971 g/mol. The van der Waals surface area contributed by atoms with Gasteiger partial charge in [0.25, 0.3) is 0 Å². The second-order valence-electron chi connectivity index (χ2n) is 6.94. The van der Waals surface area contributed by atoms with Crippen LogP contribution in [0.1, 0.15) is 27.0 Å². The van der Waals surface area contributed by atoms with Crippen molar-refractivity contribution in [3.05, 3.63) is 68.8 Å². The third-order valence-corrected chi connectivity index (χ3v) is 11.8. The van der Waals surface area contributed by atoms with E-state index in [1.54, 1.807) is 6.07 Å². The summed E-state index contributed by atoms with van der Waals surface area (Å²) in [6, 6.07) is 3.65. The van der Waals surface area contributed by atoms with Crippen LogP contribution in [0.2, 0.25) is 20.1 Å². The Kier molecular flexibility index (Phi) is 6.57. The molecule has 3 aromatic rings. The number of aromatic hydroxyl groups is 2. The van der Waals surface area contributed by atoms with Gasteiger partial charge in [0, 0.05) is 16.3 Å². The maximum absolute atomic E-state index is 13.3. The molecule has 1 unspecified atom stereocenters. The van der Waals surface area contributed by atoms with Crippen LogP contribution in [0, 0.1) is 14.3 Å². The van der Waals surface area contributed by atoms with E-state index in [1.165, 1.54) is 0 Å². The van der Waals surface area contributed by atoms with Gasteiger partial charge >= 0.3 is 5.97 Å². The van der Waals surface area contributed by atoms with Crippen molar-refractivity contribution in [2.24, 2.45) is 0 Å². The number of hydrogen-bond donors (Lipinski definition) is 2. The van der Waals surface area contributed by atoms with Gasteiger partial charge in [-0.2, -0.15) is 0 Å². The fraction of sp³-hybridized carbons (Fsp3) is 0.0500. The van der Waals surface area contributed by atoms with Crippen LogP contribution in [0.3, 0.4) is 0 Å². The number of benzene rings is 3. The number of esters is 1. The van der Waals surface area contributed by atoms with Crippen LogP contribution < -0.4 is 4.74 Å². The van der Waals surface area contributed by atoms with E-state index in [0.717, 1.165) is 0 Å². The third-order valence-electron chi connectivity index (χ3n) is 5.32. The molecule has 0 saturated heterocycles. The Hall–Kier alpha value is 0.610. The van der Waals surface area contributed by atoms with Crippen molar-refractivity contribution in [1.29, 1.82) is 0 Å². The van der Waals surface area contributed by atoms with E-state index in [4.69, 9.17) is 55.9 Å². The Labute approximate surface area is 261 Å². The van der Waals surface area contributed by atoms with Crippen molar-refractivity contribution in [3.8, 4) is 23.0 Å². The Morgan fingerprint density at radius 1 is 0.727 bits per heavy atom. The molecule has 0 radical (unpaired) electrons. The van der Waals surface area contributed by atoms with Crippen molar-refractivity contribution < 1.29 is 24.5 Å². The second-order valence-corrected chi connectivity index (χ2v) is 12.9. The zero-order valence-corrected chi connectivity index (χ0v) is 27.0. The molecule has 3 aromatic carbocycles. The van der Waals surface area contributed by atoms with Crippen LogP contribution in [0.4, 0.5) is 0 Å². The molecule has 170 valence electrons. The fourth-order valence-corrected chi connectivity index (χ4v) is 8.07. The molecular weight excluding hydrogens is 970 g/mol. The lowest BCUT2D eigenvalue weighted by Gasteiger charge is -2.39. The van der Waals surface area contributed by atoms with Crippen molar-refractivity contribution in [1.82, 2.24) is 0 Å². The topological polar surface area (TPSA) is 76.0 Å². The number of phenols is 2. The summed E-state index contributed by atoms with van der Waals surface area (Å²) < 4.78 is 14.6. The number of carbonyl (C=O) groups is 1. The largest absolute Gasteiger partial charge is 0.505 e. The van der Waals surface area contributed by atoms with Gasteiger partial charge in [-0.15, -0.1) is 0 Å². The molecule has 0 fully saturated rings. The fourth-order valence-electron chi connectivity index (χ4n) is 3.99. The summed E-state index contributed by atoms with van der Waals surface area (Å²) in [5.41, 5.74) is -0.256. The van der Waals surface area contributed by atoms with Gasteiger partial charge in [-0.05, 0) is 102 Å². The summed E-state index contributed by atoms with van der Waals surface area (Å²) in [7, 11) is 0. The molecule has 1 atom stereocenters. The first kappa shape index (κ1) is 25.3. The summed E-state index contributed by atoms with van der Waals surface area (Å²) in [4.78, 5) is 13.3. The summed E-state index contributed by atoms with van der Waals surface area (Å²) in [6.07, 6.45) is 0. The van der Waals surface area contributed by atoms with Gasteiger partial charge in [0.2, 0.25) is 0 Å². The molecule has 13 heteroatoms. The second kappa shape index (κ2) is 8.58. The smallest absolute Gasteiger partial charge is 0.341 e. The van der Waals surface area contributed by atoms with E-state index in [0.29, 0.717) is 31.0 Å². The van der Waals surface area contributed by atoms with Gasteiger partial charge in [0.1, 0.15) is 15.1 Å². The first-order chi connectivity index (χ1) is 15.4. The van der Waals surface area contributed by atoms with Gasteiger partial charge in [-0.3, -0.25) is 0 Å². The highest BCUT2D eigenvalue weighted by Crippen LogP contribution is 2.66. The molecule has 5 rings (SSSR count). The zero-order chi connectivity index (χ0) is 24.1. The Bertz CT molecular complexity index is 1390. The minimum atomic E-state index is -1.65. The summed E-state index contributed by atoms with van der Waals surface area (Å²) in [5, 5.41) is 20.4. The highest BCUT2D eigenvalue weighted by atomic mass is 127. The molecular formula is C20H4Cl4I4O5. The average Bonchev–Trinajstić information content (AvgIpc) is 3.08. The van der Waals surface area contributed by atoms with E-state index < -0.39 is 17.3 Å². The normalized spacial score (nSPS) is 18.0. The van der Waals surface area contributed by atoms with E-state index in [1.807, 2.05) is 51.2 Å². The van der Waals surface area contributed by atoms with Crippen LogP contribution in [0.15, 0.2) is 12.1 Å².